The highest BCUT2D eigenvalue weighted by Gasteiger charge is 2.37. The first-order valence-corrected chi connectivity index (χ1v) is 13.4. The van der Waals surface area contributed by atoms with Crippen LogP contribution in [0.1, 0.15) is 71.6 Å². The third-order valence-corrected chi connectivity index (χ3v) is 6.64. The molecule has 1 aliphatic heterocycles. The number of unbranched alkanes of at least 4 members (excludes halogenated alkanes) is 7. The van der Waals surface area contributed by atoms with E-state index in [0.29, 0.717) is 34.9 Å². The van der Waals surface area contributed by atoms with Gasteiger partial charge in [-0.05, 0) is 47.5 Å². The number of hydrogen-bond donors (Lipinski definition) is 1. The smallest absolute Gasteiger partial charge is 0.308 e. The average molecular weight is 560 g/mol. The van der Waals surface area contributed by atoms with Crippen molar-refractivity contribution in [2.45, 2.75) is 83.8 Å². The van der Waals surface area contributed by atoms with E-state index in [1.807, 2.05) is 0 Å². The van der Waals surface area contributed by atoms with Gasteiger partial charge in [0.25, 0.3) is 5.91 Å². The molecule has 0 spiro atoms. The molecule has 0 aromatic heterocycles. The fraction of sp³-hybridized carbons (Fsp3) is 0.640. The Kier molecular flexibility index (Phi) is 12.8. The van der Waals surface area contributed by atoms with Gasteiger partial charge in [-0.15, -0.1) is 0 Å². The monoisotopic (exact) mass is 558 g/mol. The highest BCUT2D eigenvalue weighted by molar-refractivity contribution is 9.10. The van der Waals surface area contributed by atoms with Crippen LogP contribution in [0.2, 0.25) is 5.02 Å². The number of piperazine rings is 1. The van der Waals surface area contributed by atoms with Crippen LogP contribution in [-0.4, -0.2) is 54.5 Å². The number of esters is 1. The summed E-state index contributed by atoms with van der Waals surface area (Å²) >= 11 is 9.33. The molecule has 1 fully saturated rings. The Hall–Kier alpha value is -1.80. The van der Waals surface area contributed by atoms with Gasteiger partial charge in [0, 0.05) is 18.1 Å². The summed E-state index contributed by atoms with van der Waals surface area (Å²) in [6.45, 7) is 4.78. The minimum Gasteiger partial charge on any atom is -0.480 e. The molecular formula is C25H36BrClN2O5. The van der Waals surface area contributed by atoms with E-state index in [4.69, 9.17) is 21.1 Å². The molecule has 1 aliphatic rings. The maximum Gasteiger partial charge on any atom is 0.308 e. The quantitative estimate of drug-likeness (QED) is 0.248. The first-order chi connectivity index (χ1) is 16.3. The van der Waals surface area contributed by atoms with Crippen LogP contribution in [-0.2, 0) is 19.1 Å². The molecule has 7 nitrogen and oxygen atoms in total. The molecular weight excluding hydrogens is 524 g/mol. The topological polar surface area (TPSA) is 84.9 Å². The number of rotatable bonds is 14. The van der Waals surface area contributed by atoms with Crippen molar-refractivity contribution in [3.63, 3.8) is 0 Å². The van der Waals surface area contributed by atoms with Crippen LogP contribution in [0, 0.1) is 0 Å². The zero-order valence-electron chi connectivity index (χ0n) is 20.1. The van der Waals surface area contributed by atoms with Crippen molar-refractivity contribution in [1.82, 2.24) is 10.2 Å². The maximum atomic E-state index is 13.1. The van der Waals surface area contributed by atoms with Gasteiger partial charge in [-0.3, -0.25) is 14.4 Å². The SMILES string of the molecule is CCCCCCCCCCOC(=O)CC1C(=O)NCCN1C(=O)C(C)Oc1ccc(Cl)cc1Br. The highest BCUT2D eigenvalue weighted by atomic mass is 79.9. The van der Waals surface area contributed by atoms with Crippen LogP contribution in [0.4, 0.5) is 0 Å². The third kappa shape index (κ3) is 9.45. The fourth-order valence-electron chi connectivity index (χ4n) is 3.87. The second kappa shape index (κ2) is 15.2. The fourth-order valence-corrected chi connectivity index (χ4v) is 4.64. The standard InChI is InChI=1S/C25H36BrClN2O5/c1-3-4-5-6-7-8-9-10-15-33-23(30)17-21-24(31)28-13-14-29(21)25(32)18(2)34-22-12-11-19(27)16-20(22)26/h11-12,16,18,21H,3-10,13-15,17H2,1-2H3,(H,28,31). The van der Waals surface area contributed by atoms with Gasteiger partial charge in [-0.2, -0.15) is 0 Å². The predicted octanol–water partition coefficient (Wildman–Crippen LogP) is 5.27. The summed E-state index contributed by atoms with van der Waals surface area (Å²) in [5.41, 5.74) is 0. The summed E-state index contributed by atoms with van der Waals surface area (Å²) in [5.74, 6) is -0.731. The lowest BCUT2D eigenvalue weighted by molar-refractivity contribution is -0.154. The van der Waals surface area contributed by atoms with Gasteiger partial charge in [0.1, 0.15) is 11.8 Å². The molecule has 2 unspecified atom stereocenters. The number of hydrogen-bond acceptors (Lipinski definition) is 5. The predicted molar refractivity (Wildman–Crippen MR) is 136 cm³/mol. The van der Waals surface area contributed by atoms with E-state index in [2.05, 4.69) is 28.2 Å². The van der Waals surface area contributed by atoms with Crippen molar-refractivity contribution in [2.24, 2.45) is 0 Å². The number of nitrogens with one attached hydrogen (secondary N) is 1. The number of ether oxygens (including phenoxy) is 2. The molecule has 0 radical (unpaired) electrons. The zero-order chi connectivity index (χ0) is 24.9. The van der Waals surface area contributed by atoms with Gasteiger partial charge in [0.2, 0.25) is 5.91 Å². The van der Waals surface area contributed by atoms with E-state index in [0.717, 1.165) is 19.3 Å². The van der Waals surface area contributed by atoms with Crippen molar-refractivity contribution in [3.05, 3.63) is 27.7 Å². The van der Waals surface area contributed by atoms with E-state index in [9.17, 15) is 14.4 Å². The molecule has 9 heteroatoms. The Bertz CT molecular complexity index is 822. The van der Waals surface area contributed by atoms with Crippen molar-refractivity contribution >= 4 is 45.3 Å². The molecule has 0 aliphatic carbocycles. The lowest BCUT2D eigenvalue weighted by Gasteiger charge is -2.36. The molecule has 1 aromatic rings. The van der Waals surface area contributed by atoms with Gasteiger partial charge in [0.15, 0.2) is 6.10 Å². The van der Waals surface area contributed by atoms with E-state index in [1.54, 1.807) is 25.1 Å². The number of amides is 2. The molecule has 190 valence electrons. The molecule has 1 aromatic carbocycles. The molecule has 1 N–H and O–H groups in total. The normalized spacial score (nSPS) is 16.6. The number of nitrogens with zero attached hydrogens (tertiary/aromatic N) is 1. The van der Waals surface area contributed by atoms with Crippen molar-refractivity contribution in [1.29, 1.82) is 0 Å². The van der Waals surface area contributed by atoms with Crippen LogP contribution in [0.3, 0.4) is 0 Å². The Morgan fingerprint density at radius 1 is 1.18 bits per heavy atom. The summed E-state index contributed by atoms with van der Waals surface area (Å²) in [6, 6.07) is 4.10. The minimum absolute atomic E-state index is 0.175. The molecule has 0 saturated carbocycles. The number of carbonyl (C=O) groups is 3. The Morgan fingerprint density at radius 3 is 2.53 bits per heavy atom. The van der Waals surface area contributed by atoms with Gasteiger partial charge in [-0.25, -0.2) is 0 Å². The largest absolute Gasteiger partial charge is 0.480 e. The van der Waals surface area contributed by atoms with Crippen molar-refractivity contribution < 1.29 is 23.9 Å². The number of benzene rings is 1. The molecule has 2 rings (SSSR count). The molecule has 34 heavy (non-hydrogen) atoms. The third-order valence-electron chi connectivity index (χ3n) is 5.78. The van der Waals surface area contributed by atoms with Crippen LogP contribution >= 0.6 is 27.5 Å². The lowest BCUT2D eigenvalue weighted by Crippen LogP contribution is -2.60. The molecule has 0 bridgehead atoms. The summed E-state index contributed by atoms with van der Waals surface area (Å²) < 4.78 is 11.8. The summed E-state index contributed by atoms with van der Waals surface area (Å²) in [7, 11) is 0. The van der Waals surface area contributed by atoms with Crippen LogP contribution in [0.5, 0.6) is 5.75 Å². The minimum atomic E-state index is -0.910. The van der Waals surface area contributed by atoms with E-state index in [1.165, 1.54) is 37.0 Å². The second-order valence-corrected chi connectivity index (χ2v) is 9.86. The summed E-state index contributed by atoms with van der Waals surface area (Å²) in [4.78, 5) is 39.3. The van der Waals surface area contributed by atoms with E-state index >= 15 is 0 Å². The summed E-state index contributed by atoms with van der Waals surface area (Å²) in [6.07, 6.45) is 8.21. The summed E-state index contributed by atoms with van der Waals surface area (Å²) in [5, 5.41) is 3.27. The first kappa shape index (κ1) is 28.4. The zero-order valence-corrected chi connectivity index (χ0v) is 22.5. The van der Waals surface area contributed by atoms with E-state index < -0.39 is 18.1 Å². The highest BCUT2D eigenvalue weighted by Crippen LogP contribution is 2.29. The van der Waals surface area contributed by atoms with E-state index in [-0.39, 0.29) is 18.2 Å². The molecule has 1 heterocycles. The van der Waals surface area contributed by atoms with Gasteiger partial charge >= 0.3 is 5.97 Å². The number of halogens is 2. The second-order valence-electron chi connectivity index (χ2n) is 8.57. The van der Waals surface area contributed by atoms with Crippen molar-refractivity contribution in [2.75, 3.05) is 19.7 Å². The Labute approximate surface area is 216 Å². The molecule has 1 saturated heterocycles. The number of carbonyl (C=O) groups excluding carboxylic acids is 3. The first-order valence-electron chi connectivity index (χ1n) is 12.2. The Balaban J connectivity index is 1.81. The van der Waals surface area contributed by atoms with Crippen LogP contribution in [0.25, 0.3) is 0 Å². The lowest BCUT2D eigenvalue weighted by atomic mass is 10.1. The Morgan fingerprint density at radius 2 is 1.85 bits per heavy atom. The average Bonchev–Trinajstić information content (AvgIpc) is 2.80. The van der Waals surface area contributed by atoms with Crippen LogP contribution < -0.4 is 10.1 Å². The molecule has 2 atom stereocenters. The van der Waals surface area contributed by atoms with Gasteiger partial charge in [-0.1, -0.05) is 63.5 Å². The van der Waals surface area contributed by atoms with Gasteiger partial charge < -0.3 is 19.7 Å². The van der Waals surface area contributed by atoms with Gasteiger partial charge in [0.05, 0.1) is 17.5 Å². The maximum absolute atomic E-state index is 13.1. The van der Waals surface area contributed by atoms with Crippen molar-refractivity contribution in [3.8, 4) is 5.75 Å². The van der Waals surface area contributed by atoms with Crippen LogP contribution in [0.15, 0.2) is 22.7 Å². The molecule has 2 amide bonds.